The van der Waals surface area contributed by atoms with Crippen LogP contribution in [-0.2, 0) is 12.7 Å². The smallest absolute Gasteiger partial charge is 0.419 e. The molecular formula is C16H22F3NO. The third-order valence-corrected chi connectivity index (χ3v) is 4.25. The van der Waals surface area contributed by atoms with Crippen molar-refractivity contribution in [2.45, 2.75) is 57.8 Å². The molecule has 2 nitrogen and oxygen atoms in total. The largest absolute Gasteiger partial charge is 0.507 e. The Morgan fingerprint density at radius 1 is 1.19 bits per heavy atom. The molecule has 0 bridgehead atoms. The van der Waals surface area contributed by atoms with E-state index < -0.39 is 17.5 Å². The standard InChI is InChI=1S/C16H22F3NO/c1-2-20(13-6-4-3-5-7-13)11-12-8-9-15(21)14(10-12)16(17,18)19/h8-10,13,21H,2-7,11H2,1H3. The van der Waals surface area contributed by atoms with Crippen molar-refractivity contribution in [3.8, 4) is 5.75 Å². The third-order valence-electron chi connectivity index (χ3n) is 4.25. The highest BCUT2D eigenvalue weighted by Crippen LogP contribution is 2.36. The van der Waals surface area contributed by atoms with E-state index in [-0.39, 0.29) is 0 Å². The van der Waals surface area contributed by atoms with E-state index in [1.165, 1.54) is 19.3 Å². The molecule has 118 valence electrons. The quantitative estimate of drug-likeness (QED) is 0.881. The fourth-order valence-corrected chi connectivity index (χ4v) is 3.09. The van der Waals surface area contributed by atoms with E-state index in [1.54, 1.807) is 6.07 Å². The van der Waals surface area contributed by atoms with Gasteiger partial charge in [0.05, 0.1) is 5.56 Å². The van der Waals surface area contributed by atoms with Crippen molar-refractivity contribution < 1.29 is 18.3 Å². The molecule has 0 radical (unpaired) electrons. The maximum absolute atomic E-state index is 12.8. The lowest BCUT2D eigenvalue weighted by atomic mass is 9.93. The molecule has 1 fully saturated rings. The summed E-state index contributed by atoms with van der Waals surface area (Å²) in [6.07, 6.45) is 1.39. The van der Waals surface area contributed by atoms with Gasteiger partial charge in [-0.05, 0) is 37.1 Å². The Morgan fingerprint density at radius 3 is 2.43 bits per heavy atom. The SMILES string of the molecule is CCN(Cc1ccc(O)c(C(F)(F)F)c1)C1CCCCC1. The number of nitrogens with zero attached hydrogens (tertiary/aromatic N) is 1. The van der Waals surface area contributed by atoms with Crippen LogP contribution in [-0.4, -0.2) is 22.6 Å². The van der Waals surface area contributed by atoms with Crippen molar-refractivity contribution in [3.05, 3.63) is 29.3 Å². The summed E-state index contributed by atoms with van der Waals surface area (Å²) in [5, 5.41) is 9.38. The Bertz CT molecular complexity index is 467. The average Bonchev–Trinajstić information content (AvgIpc) is 2.46. The van der Waals surface area contributed by atoms with Gasteiger partial charge >= 0.3 is 6.18 Å². The van der Waals surface area contributed by atoms with Gasteiger partial charge in [0.15, 0.2) is 0 Å². The van der Waals surface area contributed by atoms with Gasteiger partial charge in [0.25, 0.3) is 0 Å². The fourth-order valence-electron chi connectivity index (χ4n) is 3.09. The summed E-state index contributed by atoms with van der Waals surface area (Å²) in [7, 11) is 0. The molecule has 0 atom stereocenters. The van der Waals surface area contributed by atoms with Crippen LogP contribution in [0.1, 0.15) is 50.2 Å². The maximum atomic E-state index is 12.8. The van der Waals surface area contributed by atoms with Crippen molar-refractivity contribution in [3.63, 3.8) is 0 Å². The normalized spacial score (nSPS) is 17.4. The van der Waals surface area contributed by atoms with Crippen LogP contribution in [0.3, 0.4) is 0 Å². The van der Waals surface area contributed by atoms with E-state index in [4.69, 9.17) is 0 Å². The summed E-state index contributed by atoms with van der Waals surface area (Å²) >= 11 is 0. The molecule has 1 aliphatic rings. The number of aromatic hydroxyl groups is 1. The number of alkyl halides is 3. The van der Waals surface area contributed by atoms with Gasteiger partial charge < -0.3 is 5.11 Å². The second-order valence-electron chi connectivity index (χ2n) is 5.70. The van der Waals surface area contributed by atoms with Crippen LogP contribution in [0.15, 0.2) is 18.2 Å². The van der Waals surface area contributed by atoms with Gasteiger partial charge in [-0.2, -0.15) is 13.2 Å². The summed E-state index contributed by atoms with van der Waals surface area (Å²) in [5.41, 5.74) is -0.341. The van der Waals surface area contributed by atoms with Crippen LogP contribution in [0.4, 0.5) is 13.2 Å². The number of hydrogen-bond donors (Lipinski definition) is 1. The molecule has 0 amide bonds. The molecule has 0 saturated heterocycles. The Labute approximate surface area is 123 Å². The van der Waals surface area contributed by atoms with Crippen LogP contribution < -0.4 is 0 Å². The fraction of sp³-hybridized carbons (Fsp3) is 0.625. The molecule has 1 aromatic rings. The Balaban J connectivity index is 2.14. The minimum Gasteiger partial charge on any atom is -0.507 e. The number of halogens is 3. The average molecular weight is 301 g/mol. The molecular weight excluding hydrogens is 279 g/mol. The molecule has 0 aliphatic heterocycles. The van der Waals surface area contributed by atoms with E-state index in [2.05, 4.69) is 4.90 Å². The molecule has 0 aromatic heterocycles. The van der Waals surface area contributed by atoms with E-state index in [0.29, 0.717) is 18.2 Å². The van der Waals surface area contributed by atoms with Crippen molar-refractivity contribution in [1.82, 2.24) is 4.90 Å². The topological polar surface area (TPSA) is 23.5 Å². The minimum atomic E-state index is -4.51. The summed E-state index contributed by atoms with van der Waals surface area (Å²) in [5.74, 6) is -0.702. The van der Waals surface area contributed by atoms with Crippen LogP contribution in [0.25, 0.3) is 0 Å². The number of phenols is 1. The molecule has 1 aromatic carbocycles. The zero-order valence-electron chi connectivity index (χ0n) is 12.3. The van der Waals surface area contributed by atoms with Gasteiger partial charge in [0, 0.05) is 12.6 Å². The molecule has 0 heterocycles. The molecule has 1 saturated carbocycles. The molecule has 21 heavy (non-hydrogen) atoms. The lowest BCUT2D eigenvalue weighted by Gasteiger charge is -2.33. The first-order chi connectivity index (χ1) is 9.91. The Kier molecular flexibility index (Phi) is 5.14. The molecule has 0 unspecified atom stereocenters. The van der Waals surface area contributed by atoms with E-state index in [9.17, 15) is 18.3 Å². The van der Waals surface area contributed by atoms with Crippen molar-refractivity contribution >= 4 is 0 Å². The highest BCUT2D eigenvalue weighted by Gasteiger charge is 2.34. The molecule has 5 heteroatoms. The van der Waals surface area contributed by atoms with Gasteiger partial charge in [0.1, 0.15) is 5.75 Å². The minimum absolute atomic E-state index is 0.465. The van der Waals surface area contributed by atoms with Crippen LogP contribution in [0, 0.1) is 0 Å². The Hall–Kier alpha value is -1.23. The third kappa shape index (κ3) is 4.13. The van der Waals surface area contributed by atoms with Gasteiger partial charge in [-0.25, -0.2) is 0 Å². The van der Waals surface area contributed by atoms with Gasteiger partial charge in [-0.1, -0.05) is 32.3 Å². The second kappa shape index (κ2) is 6.69. The lowest BCUT2D eigenvalue weighted by Crippen LogP contribution is -2.36. The summed E-state index contributed by atoms with van der Waals surface area (Å²) in [4.78, 5) is 2.24. The van der Waals surface area contributed by atoms with Crippen LogP contribution in [0.2, 0.25) is 0 Å². The molecule has 1 aliphatic carbocycles. The molecule has 0 spiro atoms. The van der Waals surface area contributed by atoms with E-state index in [1.807, 2.05) is 6.92 Å². The first-order valence-corrected chi connectivity index (χ1v) is 7.55. The van der Waals surface area contributed by atoms with Gasteiger partial charge in [-0.3, -0.25) is 4.90 Å². The predicted octanol–water partition coefficient (Wildman–Crippen LogP) is 4.57. The second-order valence-corrected chi connectivity index (χ2v) is 5.70. The zero-order valence-corrected chi connectivity index (χ0v) is 12.3. The number of rotatable bonds is 4. The van der Waals surface area contributed by atoms with E-state index in [0.717, 1.165) is 31.5 Å². The summed E-state index contributed by atoms with van der Waals surface area (Å²) in [6, 6.07) is 4.26. The highest BCUT2D eigenvalue weighted by molar-refractivity contribution is 5.38. The van der Waals surface area contributed by atoms with Crippen molar-refractivity contribution in [2.75, 3.05) is 6.54 Å². The number of phenolic OH excluding ortho intramolecular Hbond substituents is 1. The molecule has 2 rings (SSSR count). The Morgan fingerprint density at radius 2 is 1.86 bits per heavy atom. The van der Waals surface area contributed by atoms with E-state index >= 15 is 0 Å². The van der Waals surface area contributed by atoms with Crippen molar-refractivity contribution in [1.29, 1.82) is 0 Å². The summed E-state index contributed by atoms with van der Waals surface area (Å²) < 4.78 is 38.5. The van der Waals surface area contributed by atoms with Crippen LogP contribution in [0.5, 0.6) is 5.75 Å². The van der Waals surface area contributed by atoms with Crippen molar-refractivity contribution in [2.24, 2.45) is 0 Å². The predicted molar refractivity (Wildman–Crippen MR) is 76.1 cm³/mol. The zero-order chi connectivity index (χ0) is 15.5. The van der Waals surface area contributed by atoms with Crippen LogP contribution >= 0.6 is 0 Å². The van der Waals surface area contributed by atoms with Gasteiger partial charge in [-0.15, -0.1) is 0 Å². The highest BCUT2D eigenvalue weighted by atomic mass is 19.4. The number of hydrogen-bond acceptors (Lipinski definition) is 2. The maximum Gasteiger partial charge on any atom is 0.419 e. The summed E-state index contributed by atoms with van der Waals surface area (Å²) in [6.45, 7) is 3.37. The molecule has 1 N–H and O–H groups in total. The van der Waals surface area contributed by atoms with Gasteiger partial charge in [0.2, 0.25) is 0 Å². The monoisotopic (exact) mass is 301 g/mol. The number of benzene rings is 1. The first kappa shape index (κ1) is 16.1. The lowest BCUT2D eigenvalue weighted by molar-refractivity contribution is -0.138. The first-order valence-electron chi connectivity index (χ1n) is 7.55.